The number of benzene rings is 1. The van der Waals surface area contributed by atoms with Crippen molar-refractivity contribution in [3.05, 3.63) is 40.1 Å². The first kappa shape index (κ1) is 16.4. The zero-order valence-corrected chi connectivity index (χ0v) is 14.4. The van der Waals surface area contributed by atoms with Crippen molar-refractivity contribution >= 4 is 47.3 Å². The predicted molar refractivity (Wildman–Crippen MR) is 83.1 cm³/mol. The van der Waals surface area contributed by atoms with Gasteiger partial charge in [0.05, 0.1) is 18.3 Å². The second-order valence-electron chi connectivity index (χ2n) is 3.81. The van der Waals surface area contributed by atoms with Gasteiger partial charge in [-0.25, -0.2) is 8.42 Å². The third-order valence-electron chi connectivity index (χ3n) is 2.39. The molecule has 0 aliphatic carbocycles. The molecule has 0 fully saturated rings. The van der Waals surface area contributed by atoms with Gasteiger partial charge in [-0.2, -0.15) is 0 Å². The normalized spacial score (nSPS) is 11.2. The van der Waals surface area contributed by atoms with Crippen molar-refractivity contribution in [2.45, 2.75) is 4.90 Å². The van der Waals surface area contributed by atoms with Gasteiger partial charge in [0.1, 0.15) is 10.6 Å². The molecule has 0 spiro atoms. The number of nitrogens with zero attached hydrogens (tertiary/aromatic N) is 1. The lowest BCUT2D eigenvalue weighted by Crippen LogP contribution is -1.97. The van der Waals surface area contributed by atoms with Crippen molar-refractivity contribution in [1.29, 1.82) is 0 Å². The Morgan fingerprint density at radius 2 is 1.90 bits per heavy atom. The Hall–Kier alpha value is -1.02. The second kappa shape index (κ2) is 6.39. The number of hydrogen-bond donors (Lipinski definition) is 0. The average molecular weight is 413 g/mol. The summed E-state index contributed by atoms with van der Waals surface area (Å²) in [6.45, 7) is 0. The third-order valence-corrected chi connectivity index (χ3v) is 4.88. The van der Waals surface area contributed by atoms with Crippen molar-refractivity contribution in [3.63, 3.8) is 0 Å². The highest BCUT2D eigenvalue weighted by Crippen LogP contribution is 2.39. The molecule has 0 amide bonds. The van der Waals surface area contributed by atoms with Crippen LogP contribution in [0.2, 0.25) is 5.02 Å². The minimum atomic E-state index is -3.91. The van der Waals surface area contributed by atoms with Gasteiger partial charge < -0.3 is 9.47 Å². The fraction of sp³-hybridized carbons (Fsp3) is 0.0833. The van der Waals surface area contributed by atoms with Crippen LogP contribution in [0.3, 0.4) is 0 Å². The summed E-state index contributed by atoms with van der Waals surface area (Å²) in [5.74, 6) is 0.879. The van der Waals surface area contributed by atoms with Crippen LogP contribution in [0.25, 0.3) is 0 Å². The van der Waals surface area contributed by atoms with Crippen LogP contribution in [0.15, 0.2) is 40.0 Å². The van der Waals surface area contributed by atoms with Crippen molar-refractivity contribution < 1.29 is 17.9 Å². The molecule has 5 nitrogen and oxygen atoms in total. The van der Waals surface area contributed by atoms with E-state index in [2.05, 4.69) is 20.9 Å². The minimum Gasteiger partial charge on any atom is -0.493 e. The van der Waals surface area contributed by atoms with Crippen LogP contribution < -0.4 is 9.47 Å². The van der Waals surface area contributed by atoms with Crippen LogP contribution in [0, 0.1) is 0 Å². The maximum Gasteiger partial charge on any atom is 0.262 e. The van der Waals surface area contributed by atoms with E-state index in [0.717, 1.165) is 0 Å². The quantitative estimate of drug-likeness (QED) is 0.703. The molecule has 0 radical (unpaired) electrons. The molecule has 0 atom stereocenters. The maximum absolute atomic E-state index is 11.4. The van der Waals surface area contributed by atoms with E-state index in [4.69, 9.17) is 31.8 Å². The molecule has 0 aliphatic heterocycles. The Labute approximate surface area is 139 Å². The van der Waals surface area contributed by atoms with Crippen LogP contribution >= 0.6 is 38.2 Å². The van der Waals surface area contributed by atoms with Crippen LogP contribution in [-0.4, -0.2) is 20.5 Å². The molecule has 0 aliphatic rings. The first-order chi connectivity index (χ1) is 9.81. The summed E-state index contributed by atoms with van der Waals surface area (Å²) in [4.78, 5) is 3.78. The van der Waals surface area contributed by atoms with Gasteiger partial charge in [0.25, 0.3) is 9.05 Å². The maximum atomic E-state index is 11.4. The van der Waals surface area contributed by atoms with E-state index in [1.807, 2.05) is 0 Å². The van der Waals surface area contributed by atoms with E-state index >= 15 is 0 Å². The highest BCUT2D eigenvalue weighted by atomic mass is 79.9. The first-order valence-electron chi connectivity index (χ1n) is 5.42. The molecule has 2 rings (SSSR count). The lowest BCUT2D eigenvalue weighted by Gasteiger charge is -2.12. The van der Waals surface area contributed by atoms with Gasteiger partial charge in [0.15, 0.2) is 11.5 Å². The lowest BCUT2D eigenvalue weighted by molar-refractivity contribution is 0.377. The van der Waals surface area contributed by atoms with Crippen molar-refractivity contribution in [2.75, 3.05) is 7.11 Å². The van der Waals surface area contributed by atoms with Gasteiger partial charge in [-0.1, -0.05) is 11.6 Å². The Morgan fingerprint density at radius 3 is 2.48 bits per heavy atom. The second-order valence-corrected chi connectivity index (χ2v) is 7.64. The third kappa shape index (κ3) is 4.00. The molecule has 1 aromatic carbocycles. The summed E-state index contributed by atoms with van der Waals surface area (Å²) in [5, 5.41) is 0.408. The van der Waals surface area contributed by atoms with Crippen LogP contribution in [0.4, 0.5) is 0 Å². The molecule has 21 heavy (non-hydrogen) atoms. The van der Waals surface area contributed by atoms with Gasteiger partial charge in [0.2, 0.25) is 0 Å². The molecule has 0 saturated heterocycles. The zero-order chi connectivity index (χ0) is 15.6. The summed E-state index contributed by atoms with van der Waals surface area (Å²) in [6, 6.07) is 4.27. The number of aromatic nitrogens is 1. The molecule has 0 bridgehead atoms. The summed E-state index contributed by atoms with van der Waals surface area (Å²) in [6.07, 6.45) is 2.93. The Bertz CT molecular complexity index is 783. The van der Waals surface area contributed by atoms with Crippen molar-refractivity contribution in [3.8, 4) is 17.2 Å². The van der Waals surface area contributed by atoms with E-state index in [-0.39, 0.29) is 20.9 Å². The van der Waals surface area contributed by atoms with Gasteiger partial charge in [-0.3, -0.25) is 4.98 Å². The zero-order valence-electron chi connectivity index (χ0n) is 10.5. The molecule has 0 N–H and O–H groups in total. The highest BCUT2D eigenvalue weighted by molar-refractivity contribution is 9.10. The smallest absolute Gasteiger partial charge is 0.262 e. The standard InChI is InChI=1S/C12H8BrCl2NO4S/c1-19-10-4-12(21(15,17)18)9(13)3-11(10)20-8-2-7(14)5-16-6-8/h2-6H,1H3. The fourth-order valence-electron chi connectivity index (χ4n) is 1.52. The first-order valence-corrected chi connectivity index (χ1v) is 8.90. The largest absolute Gasteiger partial charge is 0.493 e. The topological polar surface area (TPSA) is 65.5 Å². The van der Waals surface area contributed by atoms with E-state index in [9.17, 15) is 8.42 Å². The summed E-state index contributed by atoms with van der Waals surface area (Å²) in [7, 11) is 2.82. The van der Waals surface area contributed by atoms with E-state index in [0.29, 0.717) is 10.8 Å². The Morgan fingerprint density at radius 1 is 1.19 bits per heavy atom. The summed E-state index contributed by atoms with van der Waals surface area (Å²) >= 11 is 8.95. The number of methoxy groups -OCH3 is 1. The van der Waals surface area contributed by atoms with Crippen LogP contribution in [0.1, 0.15) is 0 Å². The minimum absolute atomic E-state index is 0.113. The van der Waals surface area contributed by atoms with E-state index < -0.39 is 9.05 Å². The van der Waals surface area contributed by atoms with Gasteiger partial charge in [0, 0.05) is 39.6 Å². The van der Waals surface area contributed by atoms with Crippen LogP contribution in [-0.2, 0) is 9.05 Å². The number of ether oxygens (including phenoxy) is 2. The number of hydrogen-bond acceptors (Lipinski definition) is 5. The molecule has 0 saturated carbocycles. The molecule has 112 valence electrons. The molecule has 9 heteroatoms. The van der Waals surface area contributed by atoms with E-state index in [1.165, 1.54) is 31.6 Å². The fourth-order valence-corrected chi connectivity index (χ4v) is 3.85. The van der Waals surface area contributed by atoms with Crippen molar-refractivity contribution in [1.82, 2.24) is 4.98 Å². The summed E-state index contributed by atoms with van der Waals surface area (Å²) < 4.78 is 33.9. The molecule has 2 aromatic rings. The Balaban J connectivity index is 2.47. The molecular weight excluding hydrogens is 405 g/mol. The molecule has 1 heterocycles. The number of pyridine rings is 1. The van der Waals surface area contributed by atoms with E-state index in [1.54, 1.807) is 6.07 Å². The number of halogens is 3. The van der Waals surface area contributed by atoms with Gasteiger partial charge >= 0.3 is 0 Å². The van der Waals surface area contributed by atoms with Crippen molar-refractivity contribution in [2.24, 2.45) is 0 Å². The molecular formula is C12H8BrCl2NO4S. The average Bonchev–Trinajstić information content (AvgIpc) is 2.37. The summed E-state index contributed by atoms with van der Waals surface area (Å²) in [5.41, 5.74) is 0. The van der Waals surface area contributed by atoms with Gasteiger partial charge in [-0.15, -0.1) is 0 Å². The Kier molecular flexibility index (Phi) is 4.98. The van der Waals surface area contributed by atoms with Crippen LogP contribution in [0.5, 0.6) is 17.2 Å². The lowest BCUT2D eigenvalue weighted by atomic mass is 10.3. The SMILES string of the molecule is COc1cc(S(=O)(=O)Cl)c(Br)cc1Oc1cncc(Cl)c1. The predicted octanol–water partition coefficient (Wildman–Crippen LogP) is 4.23. The van der Waals surface area contributed by atoms with Gasteiger partial charge in [-0.05, 0) is 15.9 Å². The number of rotatable bonds is 4. The monoisotopic (exact) mass is 411 g/mol. The molecule has 0 unspecified atom stereocenters. The molecule has 1 aromatic heterocycles. The highest BCUT2D eigenvalue weighted by Gasteiger charge is 2.19.